The summed E-state index contributed by atoms with van der Waals surface area (Å²) in [5.41, 5.74) is 5.69. The van der Waals surface area contributed by atoms with Gasteiger partial charge >= 0.3 is 5.97 Å². The molecule has 80 valence electrons. The van der Waals surface area contributed by atoms with Crippen LogP contribution in [0, 0.1) is 17.3 Å². The van der Waals surface area contributed by atoms with Gasteiger partial charge in [-0.1, -0.05) is 19.3 Å². The summed E-state index contributed by atoms with van der Waals surface area (Å²) in [5, 5.41) is 8.88. The average Bonchev–Trinajstić information content (AvgIpc) is 2.61. The Labute approximate surface area is 84.7 Å². The molecule has 3 nitrogen and oxygen atoms in total. The molecule has 2 rings (SSSR count). The first-order valence-electron chi connectivity index (χ1n) is 5.57. The average molecular weight is 197 g/mol. The number of carboxylic acids is 1. The third-order valence-corrected chi connectivity index (χ3v) is 4.17. The van der Waals surface area contributed by atoms with E-state index in [0.29, 0.717) is 6.54 Å². The third-order valence-electron chi connectivity index (χ3n) is 4.17. The van der Waals surface area contributed by atoms with Gasteiger partial charge in [0.2, 0.25) is 0 Å². The first kappa shape index (κ1) is 9.97. The lowest BCUT2D eigenvalue weighted by Gasteiger charge is -2.26. The number of nitrogens with two attached hydrogens (primary N) is 1. The van der Waals surface area contributed by atoms with E-state index in [0.717, 1.165) is 24.7 Å². The van der Waals surface area contributed by atoms with Crippen molar-refractivity contribution in [2.24, 2.45) is 23.0 Å². The molecule has 2 fully saturated rings. The van der Waals surface area contributed by atoms with Crippen LogP contribution < -0.4 is 5.73 Å². The monoisotopic (exact) mass is 197 g/mol. The number of hydrogen-bond donors (Lipinski definition) is 2. The summed E-state index contributed by atoms with van der Waals surface area (Å²) in [7, 11) is 0. The smallest absolute Gasteiger partial charge is 0.303 e. The molecule has 3 heteroatoms. The van der Waals surface area contributed by atoms with Crippen LogP contribution in [0.15, 0.2) is 0 Å². The molecular formula is C11H19NO2. The molecule has 0 saturated heterocycles. The maximum Gasteiger partial charge on any atom is 0.303 e. The highest BCUT2D eigenvalue weighted by atomic mass is 16.4. The van der Waals surface area contributed by atoms with Gasteiger partial charge < -0.3 is 10.8 Å². The lowest BCUT2D eigenvalue weighted by atomic mass is 9.80. The number of aliphatic carboxylic acids is 1. The minimum Gasteiger partial charge on any atom is -0.481 e. The van der Waals surface area contributed by atoms with Crippen LogP contribution in [0.1, 0.15) is 38.5 Å². The zero-order valence-corrected chi connectivity index (χ0v) is 8.54. The minimum absolute atomic E-state index is 0.0679. The van der Waals surface area contributed by atoms with E-state index in [-0.39, 0.29) is 11.8 Å². The molecular weight excluding hydrogens is 178 g/mol. The molecule has 3 atom stereocenters. The highest BCUT2D eigenvalue weighted by Gasteiger charge is 2.46. The molecule has 0 aromatic rings. The molecule has 1 unspecified atom stereocenters. The van der Waals surface area contributed by atoms with Crippen molar-refractivity contribution in [2.75, 3.05) is 6.54 Å². The number of carboxylic acid groups (broad SMARTS) is 1. The molecule has 0 amide bonds. The molecule has 0 spiro atoms. The van der Waals surface area contributed by atoms with Crippen LogP contribution in [0.25, 0.3) is 0 Å². The van der Waals surface area contributed by atoms with Crippen molar-refractivity contribution in [3.05, 3.63) is 0 Å². The van der Waals surface area contributed by atoms with Crippen LogP contribution in [-0.2, 0) is 4.79 Å². The Balaban J connectivity index is 2.05. The summed E-state index contributed by atoms with van der Waals surface area (Å²) in [6.07, 6.45) is 6.32. The third kappa shape index (κ3) is 1.65. The van der Waals surface area contributed by atoms with Gasteiger partial charge in [0, 0.05) is 0 Å². The molecule has 0 aliphatic heterocycles. The quantitative estimate of drug-likeness (QED) is 0.722. The largest absolute Gasteiger partial charge is 0.481 e. The summed E-state index contributed by atoms with van der Waals surface area (Å²) < 4.78 is 0. The molecule has 2 saturated carbocycles. The zero-order chi connectivity index (χ0) is 10.2. The summed E-state index contributed by atoms with van der Waals surface area (Å²) in [6.45, 7) is 0.548. The van der Waals surface area contributed by atoms with Gasteiger partial charge in [0.1, 0.15) is 0 Å². The Hall–Kier alpha value is -0.570. The normalized spacial score (nSPS) is 41.2. The van der Waals surface area contributed by atoms with E-state index < -0.39 is 5.97 Å². The van der Waals surface area contributed by atoms with E-state index in [1.807, 2.05) is 0 Å². The fraction of sp³-hybridized carbons (Fsp3) is 0.909. The van der Waals surface area contributed by atoms with Crippen molar-refractivity contribution in [3.8, 4) is 0 Å². The van der Waals surface area contributed by atoms with E-state index in [2.05, 4.69) is 0 Å². The Morgan fingerprint density at radius 1 is 1.36 bits per heavy atom. The van der Waals surface area contributed by atoms with E-state index in [4.69, 9.17) is 10.8 Å². The highest BCUT2D eigenvalue weighted by molar-refractivity contribution is 5.67. The standard InChI is InChI=1S/C11H19NO2/c12-7-11(6-10(13)14)4-8-2-1-3-9(8)5-11/h8-9H,1-7,12H2,(H,13,14)/t8-,9+,11?. The van der Waals surface area contributed by atoms with Crippen LogP contribution in [0.4, 0.5) is 0 Å². The van der Waals surface area contributed by atoms with Gasteiger partial charge in [-0.3, -0.25) is 4.79 Å². The fourth-order valence-electron chi connectivity index (χ4n) is 3.55. The summed E-state index contributed by atoms with van der Waals surface area (Å²) >= 11 is 0. The number of rotatable bonds is 3. The molecule has 14 heavy (non-hydrogen) atoms. The minimum atomic E-state index is -0.685. The maximum absolute atomic E-state index is 10.8. The SMILES string of the molecule is NCC1(CC(=O)O)C[C@H]2CCC[C@H]2C1. The number of hydrogen-bond acceptors (Lipinski definition) is 2. The van der Waals surface area contributed by atoms with Gasteiger partial charge in [-0.2, -0.15) is 0 Å². The second-order valence-corrected chi connectivity index (χ2v) is 5.13. The van der Waals surface area contributed by atoms with Gasteiger partial charge in [0.25, 0.3) is 0 Å². The van der Waals surface area contributed by atoms with E-state index in [9.17, 15) is 4.79 Å². The Bertz CT molecular complexity index is 227. The molecule has 0 heterocycles. The van der Waals surface area contributed by atoms with Gasteiger partial charge in [0.15, 0.2) is 0 Å². The van der Waals surface area contributed by atoms with Gasteiger partial charge in [-0.25, -0.2) is 0 Å². The molecule has 3 N–H and O–H groups in total. The van der Waals surface area contributed by atoms with Crippen LogP contribution in [0.3, 0.4) is 0 Å². The second kappa shape index (κ2) is 3.54. The van der Waals surface area contributed by atoms with Gasteiger partial charge in [-0.15, -0.1) is 0 Å². The van der Waals surface area contributed by atoms with Crippen LogP contribution in [0.2, 0.25) is 0 Å². The lowest BCUT2D eigenvalue weighted by molar-refractivity contribution is -0.139. The van der Waals surface area contributed by atoms with Crippen molar-refractivity contribution >= 4 is 5.97 Å². The summed E-state index contributed by atoms with van der Waals surface area (Å²) in [5.74, 6) is 0.867. The van der Waals surface area contributed by atoms with Crippen molar-refractivity contribution in [1.29, 1.82) is 0 Å². The Morgan fingerprint density at radius 3 is 2.36 bits per heavy atom. The van der Waals surface area contributed by atoms with Crippen LogP contribution >= 0.6 is 0 Å². The van der Waals surface area contributed by atoms with Crippen molar-refractivity contribution in [3.63, 3.8) is 0 Å². The molecule has 0 aromatic carbocycles. The fourth-order valence-corrected chi connectivity index (χ4v) is 3.55. The maximum atomic E-state index is 10.8. The number of carbonyl (C=O) groups is 1. The van der Waals surface area contributed by atoms with Crippen LogP contribution in [0.5, 0.6) is 0 Å². The number of fused-ring (bicyclic) bond motifs is 1. The van der Waals surface area contributed by atoms with Gasteiger partial charge in [-0.05, 0) is 36.6 Å². The highest BCUT2D eigenvalue weighted by Crippen LogP contribution is 2.53. The second-order valence-electron chi connectivity index (χ2n) is 5.13. The first-order chi connectivity index (χ1) is 6.65. The van der Waals surface area contributed by atoms with Crippen LogP contribution in [-0.4, -0.2) is 17.6 Å². The van der Waals surface area contributed by atoms with E-state index >= 15 is 0 Å². The lowest BCUT2D eigenvalue weighted by Crippen LogP contribution is -2.31. The molecule has 2 aliphatic carbocycles. The molecule has 0 radical (unpaired) electrons. The van der Waals surface area contributed by atoms with E-state index in [1.165, 1.54) is 19.3 Å². The summed E-state index contributed by atoms with van der Waals surface area (Å²) in [6, 6.07) is 0. The Morgan fingerprint density at radius 2 is 1.93 bits per heavy atom. The Kier molecular flexibility index (Phi) is 2.52. The van der Waals surface area contributed by atoms with Crippen molar-refractivity contribution in [2.45, 2.75) is 38.5 Å². The molecule has 0 bridgehead atoms. The van der Waals surface area contributed by atoms with Gasteiger partial charge in [0.05, 0.1) is 6.42 Å². The predicted octanol–water partition coefficient (Wildman–Crippen LogP) is 1.62. The topological polar surface area (TPSA) is 63.3 Å². The molecule has 2 aliphatic rings. The molecule has 0 aromatic heterocycles. The van der Waals surface area contributed by atoms with E-state index in [1.54, 1.807) is 0 Å². The van der Waals surface area contributed by atoms with Crippen molar-refractivity contribution < 1.29 is 9.90 Å². The first-order valence-corrected chi connectivity index (χ1v) is 5.57. The zero-order valence-electron chi connectivity index (χ0n) is 8.54. The van der Waals surface area contributed by atoms with Crippen molar-refractivity contribution in [1.82, 2.24) is 0 Å². The summed E-state index contributed by atoms with van der Waals surface area (Å²) in [4.78, 5) is 10.8. The predicted molar refractivity (Wildman–Crippen MR) is 53.8 cm³/mol.